The van der Waals surface area contributed by atoms with Gasteiger partial charge in [0.1, 0.15) is 0 Å². The second-order valence-corrected chi connectivity index (χ2v) is 11.3. The van der Waals surface area contributed by atoms with Gasteiger partial charge in [-0.1, -0.05) is 58.1 Å². The fourth-order valence-electron chi connectivity index (χ4n) is 1.93. The molecule has 0 aliphatic heterocycles. The zero-order valence-electron chi connectivity index (χ0n) is 16.2. The van der Waals surface area contributed by atoms with E-state index in [1.54, 1.807) is 0 Å². The molecule has 0 heterocycles. The van der Waals surface area contributed by atoms with Crippen LogP contribution < -0.4 is 0 Å². The number of carbonyl (C=O) groups excluding carboxylic acids is 2. The number of rotatable bonds is 13. The van der Waals surface area contributed by atoms with E-state index in [1.165, 1.54) is 23.5 Å². The minimum atomic E-state index is -3.24. The van der Waals surface area contributed by atoms with Crippen molar-refractivity contribution in [3.8, 4) is 0 Å². The van der Waals surface area contributed by atoms with Crippen molar-refractivity contribution in [2.24, 2.45) is 5.41 Å². The van der Waals surface area contributed by atoms with Gasteiger partial charge in [0.05, 0.1) is 19.4 Å². The summed E-state index contributed by atoms with van der Waals surface area (Å²) < 4.78 is 24.0. The molecule has 0 atom stereocenters. The first-order valence-electron chi connectivity index (χ1n) is 8.81. The summed E-state index contributed by atoms with van der Waals surface area (Å²) in [5.74, 6) is 0.945. The summed E-state index contributed by atoms with van der Waals surface area (Å²) in [7, 11) is -3.24. The molecule has 5 nitrogen and oxygen atoms in total. The van der Waals surface area contributed by atoms with Crippen molar-refractivity contribution in [1.82, 2.24) is 0 Å². The van der Waals surface area contributed by atoms with Crippen molar-refractivity contribution in [1.29, 1.82) is 0 Å². The van der Waals surface area contributed by atoms with E-state index >= 15 is 0 Å². The van der Waals surface area contributed by atoms with Crippen LogP contribution in [-0.2, 0) is 23.2 Å². The predicted molar refractivity (Wildman–Crippen MR) is 109 cm³/mol. The maximum Gasteiger partial charge on any atom is 0.331 e. The molecule has 0 rings (SSSR count). The number of hydrogen-bond acceptors (Lipinski definition) is 7. The summed E-state index contributed by atoms with van der Waals surface area (Å²) in [4.78, 5) is 23.0. The van der Waals surface area contributed by atoms with Crippen molar-refractivity contribution >= 4 is 41.4 Å². The molecule has 8 heteroatoms. The Kier molecular flexibility index (Phi) is 13.5. The molecule has 0 spiro atoms. The van der Waals surface area contributed by atoms with Gasteiger partial charge in [-0.15, -0.1) is 0 Å². The first kappa shape index (κ1) is 25.2. The third kappa shape index (κ3) is 15.0. The Balaban J connectivity index is 4.36. The molecular weight excluding hydrogens is 379 g/mol. The molecule has 0 bridgehead atoms. The van der Waals surface area contributed by atoms with E-state index in [0.717, 1.165) is 12.8 Å². The summed E-state index contributed by atoms with van der Waals surface area (Å²) in [6.45, 7) is 10.3. The second-order valence-electron chi connectivity index (χ2n) is 6.94. The number of thioether (sulfide) groups is 2. The molecule has 0 aliphatic rings. The van der Waals surface area contributed by atoms with Gasteiger partial charge in [0.2, 0.25) is 0 Å². The van der Waals surface area contributed by atoms with Crippen LogP contribution in [0.1, 0.15) is 60.3 Å². The van der Waals surface area contributed by atoms with E-state index in [9.17, 15) is 14.2 Å². The number of carbonyl (C=O) groups is 2. The van der Waals surface area contributed by atoms with Gasteiger partial charge in [0.25, 0.3) is 0 Å². The fraction of sp³-hybridized carbons (Fsp3) is 0.882. The van der Waals surface area contributed by atoms with Gasteiger partial charge in [-0.3, -0.25) is 14.2 Å². The van der Waals surface area contributed by atoms with Crippen molar-refractivity contribution in [2.75, 3.05) is 30.9 Å². The van der Waals surface area contributed by atoms with Crippen molar-refractivity contribution < 1.29 is 23.2 Å². The van der Waals surface area contributed by atoms with Crippen LogP contribution in [0.15, 0.2) is 0 Å². The molecule has 0 amide bonds. The maximum atomic E-state index is 12.9. The summed E-state index contributed by atoms with van der Waals surface area (Å²) in [5, 5.41) is 0.256. The Hall–Kier alpha value is 0.190. The van der Waals surface area contributed by atoms with E-state index in [0.29, 0.717) is 30.5 Å². The molecule has 0 aliphatic carbocycles. The van der Waals surface area contributed by atoms with E-state index < -0.39 is 7.60 Å². The third-order valence-electron chi connectivity index (χ3n) is 2.84. The molecule has 148 valence electrons. The summed E-state index contributed by atoms with van der Waals surface area (Å²) in [6.07, 6.45) is 3.05. The van der Waals surface area contributed by atoms with Crippen molar-refractivity contribution in [2.45, 2.75) is 60.3 Å². The van der Waals surface area contributed by atoms with Crippen LogP contribution in [0.5, 0.6) is 0 Å². The average Bonchev–Trinajstić information content (AvgIpc) is 2.47. The van der Waals surface area contributed by atoms with Gasteiger partial charge in [-0.2, -0.15) is 0 Å². The third-order valence-corrected chi connectivity index (χ3v) is 7.13. The summed E-state index contributed by atoms with van der Waals surface area (Å²) >= 11 is 2.42. The molecule has 25 heavy (non-hydrogen) atoms. The molecule has 0 unspecified atom stereocenters. The van der Waals surface area contributed by atoms with Gasteiger partial charge in [-0.25, -0.2) is 0 Å². The zero-order valence-corrected chi connectivity index (χ0v) is 18.7. The molecule has 0 saturated carbocycles. The Morgan fingerprint density at radius 2 is 1.28 bits per heavy atom. The SMILES string of the molecule is CCCC(=O)SCCOP(=O)(CC(C)(C)C)OCCSC(=O)CCC. The van der Waals surface area contributed by atoms with Crippen molar-refractivity contribution in [3.05, 3.63) is 0 Å². The summed E-state index contributed by atoms with van der Waals surface area (Å²) in [5.41, 5.74) is -0.203. The smallest absolute Gasteiger partial charge is 0.308 e. The fourth-order valence-corrected chi connectivity index (χ4v) is 5.82. The molecule has 0 fully saturated rings. The highest BCUT2D eigenvalue weighted by atomic mass is 32.2. The van der Waals surface area contributed by atoms with Gasteiger partial charge in [-0.05, 0) is 18.3 Å². The molecule has 0 aromatic rings. The van der Waals surface area contributed by atoms with Crippen LogP contribution >= 0.6 is 31.1 Å². The lowest BCUT2D eigenvalue weighted by Crippen LogP contribution is -2.16. The Labute approximate surface area is 161 Å². The molecule has 0 aromatic carbocycles. The van der Waals surface area contributed by atoms with Crippen LogP contribution in [0.4, 0.5) is 0 Å². The van der Waals surface area contributed by atoms with Crippen molar-refractivity contribution in [3.63, 3.8) is 0 Å². The number of hydrogen-bond donors (Lipinski definition) is 0. The van der Waals surface area contributed by atoms with E-state index in [4.69, 9.17) is 9.05 Å². The van der Waals surface area contributed by atoms with Gasteiger partial charge in [0, 0.05) is 24.3 Å². The Morgan fingerprint density at radius 1 is 0.880 bits per heavy atom. The van der Waals surface area contributed by atoms with Gasteiger partial charge in [0.15, 0.2) is 10.2 Å². The quantitative estimate of drug-likeness (QED) is 0.297. The lowest BCUT2D eigenvalue weighted by molar-refractivity contribution is -0.111. The standard InChI is InChI=1S/C17H33O5PS2/c1-6-8-15(18)24-12-10-21-23(20,14-17(3,4)5)22-11-13-25-16(19)9-7-2/h6-14H2,1-5H3. The van der Waals surface area contributed by atoms with Gasteiger partial charge < -0.3 is 9.05 Å². The van der Waals surface area contributed by atoms with E-state index in [-0.39, 0.29) is 28.9 Å². The normalized spacial score (nSPS) is 12.4. The minimum absolute atomic E-state index is 0.128. The molecule has 0 radical (unpaired) electrons. The molecule has 0 aromatic heterocycles. The minimum Gasteiger partial charge on any atom is -0.308 e. The van der Waals surface area contributed by atoms with Crippen LogP contribution in [0.2, 0.25) is 0 Å². The molecular formula is C17H33O5PS2. The zero-order chi connectivity index (χ0) is 19.3. The highest BCUT2D eigenvalue weighted by Crippen LogP contribution is 2.52. The average molecular weight is 413 g/mol. The molecule has 0 saturated heterocycles. The lowest BCUT2D eigenvalue weighted by Gasteiger charge is -2.25. The topological polar surface area (TPSA) is 69.7 Å². The van der Waals surface area contributed by atoms with Crippen LogP contribution in [0.25, 0.3) is 0 Å². The Bertz CT molecular complexity index is 419. The van der Waals surface area contributed by atoms with Crippen LogP contribution in [0.3, 0.4) is 0 Å². The van der Waals surface area contributed by atoms with E-state index in [2.05, 4.69) is 0 Å². The first-order chi connectivity index (χ1) is 11.6. The predicted octanol–water partition coefficient (Wildman–Crippen LogP) is 5.38. The monoisotopic (exact) mass is 412 g/mol. The summed E-state index contributed by atoms with van der Waals surface area (Å²) in [6, 6.07) is 0. The Morgan fingerprint density at radius 3 is 1.60 bits per heavy atom. The van der Waals surface area contributed by atoms with Crippen LogP contribution in [0, 0.1) is 5.41 Å². The second kappa shape index (κ2) is 13.4. The first-order valence-corrected chi connectivity index (χ1v) is 12.5. The lowest BCUT2D eigenvalue weighted by atomic mass is 10.0. The maximum absolute atomic E-state index is 12.9. The van der Waals surface area contributed by atoms with Crippen LogP contribution in [-0.4, -0.2) is 41.1 Å². The highest BCUT2D eigenvalue weighted by Gasteiger charge is 2.31. The van der Waals surface area contributed by atoms with E-state index in [1.807, 2.05) is 34.6 Å². The van der Waals surface area contributed by atoms with Gasteiger partial charge >= 0.3 is 7.60 Å². The highest BCUT2D eigenvalue weighted by molar-refractivity contribution is 8.13. The largest absolute Gasteiger partial charge is 0.331 e. The molecule has 0 N–H and O–H groups in total.